The molecule has 2 aromatic heterocycles. The molecule has 0 bridgehead atoms. The zero-order valence-electron chi connectivity index (χ0n) is 13.9. The smallest absolute Gasteiger partial charge is 0.271 e. The number of fused-ring (bicyclic) bond motifs is 1. The van der Waals surface area contributed by atoms with Gasteiger partial charge in [0.2, 0.25) is 0 Å². The van der Waals surface area contributed by atoms with Crippen LogP contribution in [0.25, 0.3) is 11.0 Å². The molecule has 0 radical (unpaired) electrons. The van der Waals surface area contributed by atoms with Crippen LogP contribution >= 0.6 is 39.0 Å². The van der Waals surface area contributed by atoms with Crippen molar-refractivity contribution in [2.75, 3.05) is 10.0 Å². The van der Waals surface area contributed by atoms with Crippen molar-refractivity contribution in [2.24, 2.45) is 0 Å². The van der Waals surface area contributed by atoms with E-state index in [1.54, 1.807) is 36.4 Å². The molecule has 0 saturated carbocycles. The number of hydrogen-bond donors (Lipinski definition) is 2. The Kier molecular flexibility index (Phi) is 5.15. The molecular formula is C17H11BrN4O3S3. The summed E-state index contributed by atoms with van der Waals surface area (Å²) < 4.78 is 36.7. The number of thiophene rings is 1. The number of carbonyl (C=O) groups excluding carboxylic acids is 1. The maximum atomic E-state index is 12.6. The third kappa shape index (κ3) is 3.92. The summed E-state index contributed by atoms with van der Waals surface area (Å²) >= 11 is 5.42. The minimum Gasteiger partial charge on any atom is -0.320 e. The number of benzene rings is 2. The highest BCUT2D eigenvalue weighted by atomic mass is 79.9. The van der Waals surface area contributed by atoms with E-state index >= 15 is 0 Å². The number of carbonyl (C=O) groups is 1. The molecule has 28 heavy (non-hydrogen) atoms. The molecule has 11 heteroatoms. The van der Waals surface area contributed by atoms with Crippen LogP contribution in [0.4, 0.5) is 11.4 Å². The number of halogens is 1. The van der Waals surface area contributed by atoms with E-state index in [1.807, 2.05) is 6.07 Å². The molecule has 0 spiro atoms. The highest BCUT2D eigenvalue weighted by molar-refractivity contribution is 9.11. The van der Waals surface area contributed by atoms with Gasteiger partial charge in [0.25, 0.3) is 15.9 Å². The van der Waals surface area contributed by atoms with Crippen LogP contribution in [0.3, 0.4) is 0 Å². The highest BCUT2D eigenvalue weighted by Crippen LogP contribution is 2.28. The fourth-order valence-corrected chi connectivity index (χ4v) is 6.08. The largest absolute Gasteiger partial charge is 0.320 e. The molecule has 2 aromatic carbocycles. The normalized spacial score (nSPS) is 11.5. The lowest BCUT2D eigenvalue weighted by molar-refractivity contribution is 0.102. The zero-order chi connectivity index (χ0) is 19.7. The van der Waals surface area contributed by atoms with Crippen LogP contribution in [0.5, 0.6) is 0 Å². The van der Waals surface area contributed by atoms with Crippen LogP contribution in [0, 0.1) is 0 Å². The Bertz CT molecular complexity index is 1280. The van der Waals surface area contributed by atoms with Gasteiger partial charge in [-0.3, -0.25) is 9.52 Å². The summed E-state index contributed by atoms with van der Waals surface area (Å²) in [6, 6.07) is 14.8. The predicted octanol–water partition coefficient (Wildman–Crippen LogP) is 4.57. The van der Waals surface area contributed by atoms with Crippen molar-refractivity contribution in [3.8, 4) is 0 Å². The lowest BCUT2D eigenvalue weighted by Gasteiger charge is -2.09. The van der Waals surface area contributed by atoms with E-state index < -0.39 is 10.0 Å². The molecular weight excluding hydrogens is 484 g/mol. The third-order valence-corrected chi connectivity index (χ3v) is 7.76. The van der Waals surface area contributed by atoms with E-state index in [9.17, 15) is 13.2 Å². The molecule has 142 valence electrons. The summed E-state index contributed by atoms with van der Waals surface area (Å²) in [5.41, 5.74) is 2.47. The van der Waals surface area contributed by atoms with Gasteiger partial charge in [0.1, 0.15) is 15.2 Å². The molecule has 2 heterocycles. The maximum Gasteiger partial charge on any atom is 0.271 e. The van der Waals surface area contributed by atoms with Crippen molar-refractivity contribution in [3.05, 3.63) is 63.9 Å². The van der Waals surface area contributed by atoms with Crippen LogP contribution in [0.1, 0.15) is 10.4 Å². The molecule has 0 aliphatic rings. The summed E-state index contributed by atoms with van der Waals surface area (Å²) in [5, 5.41) is 2.80. The highest BCUT2D eigenvalue weighted by Gasteiger charge is 2.18. The van der Waals surface area contributed by atoms with Gasteiger partial charge in [-0.1, -0.05) is 12.1 Å². The summed E-state index contributed by atoms with van der Waals surface area (Å²) in [6.45, 7) is 0. The molecule has 0 atom stereocenters. The SMILES string of the molecule is O=C(Nc1cccc2nsnc12)c1cccc(NS(=O)(=O)c2ccc(Br)s2)c1. The first-order chi connectivity index (χ1) is 13.4. The topological polar surface area (TPSA) is 101 Å². The number of nitrogens with one attached hydrogen (secondary N) is 2. The second kappa shape index (κ2) is 7.59. The fourth-order valence-electron chi connectivity index (χ4n) is 2.47. The first-order valence-corrected chi connectivity index (χ1v) is 11.7. The van der Waals surface area contributed by atoms with Crippen LogP contribution in [0.15, 0.2) is 62.6 Å². The zero-order valence-corrected chi connectivity index (χ0v) is 18.0. The van der Waals surface area contributed by atoms with Gasteiger partial charge in [0, 0.05) is 11.3 Å². The van der Waals surface area contributed by atoms with Crippen LogP contribution in [0.2, 0.25) is 0 Å². The lowest BCUT2D eigenvalue weighted by atomic mass is 10.2. The Morgan fingerprint density at radius 1 is 1.04 bits per heavy atom. The average molecular weight is 495 g/mol. The Hall–Kier alpha value is -2.34. The Labute approximate surface area is 176 Å². The molecule has 0 aliphatic heterocycles. The van der Waals surface area contributed by atoms with Crippen molar-refractivity contribution in [1.82, 2.24) is 8.75 Å². The van der Waals surface area contributed by atoms with Gasteiger partial charge in [-0.2, -0.15) is 8.75 Å². The summed E-state index contributed by atoms with van der Waals surface area (Å²) in [7, 11) is -3.73. The van der Waals surface area contributed by atoms with Crippen molar-refractivity contribution in [2.45, 2.75) is 4.21 Å². The first kappa shape index (κ1) is 19.0. The van der Waals surface area contributed by atoms with Crippen molar-refractivity contribution < 1.29 is 13.2 Å². The van der Waals surface area contributed by atoms with Crippen molar-refractivity contribution in [3.63, 3.8) is 0 Å². The molecule has 1 amide bonds. The van der Waals surface area contributed by atoms with Gasteiger partial charge in [-0.15, -0.1) is 11.3 Å². The number of aromatic nitrogens is 2. The second-order valence-corrected chi connectivity index (χ2v) is 10.5. The van der Waals surface area contributed by atoms with Crippen LogP contribution in [-0.4, -0.2) is 23.1 Å². The van der Waals surface area contributed by atoms with Crippen LogP contribution < -0.4 is 10.0 Å². The number of amides is 1. The number of anilines is 2. The Balaban J connectivity index is 1.56. The third-order valence-electron chi connectivity index (χ3n) is 3.72. The Morgan fingerprint density at radius 2 is 1.86 bits per heavy atom. The number of sulfonamides is 1. The maximum absolute atomic E-state index is 12.6. The van der Waals surface area contributed by atoms with E-state index in [4.69, 9.17) is 0 Å². The van der Waals surface area contributed by atoms with E-state index in [0.29, 0.717) is 31.8 Å². The molecule has 4 rings (SSSR count). The quantitative estimate of drug-likeness (QED) is 0.423. The summed E-state index contributed by atoms with van der Waals surface area (Å²) in [5.74, 6) is -0.375. The van der Waals surface area contributed by atoms with Gasteiger partial charge >= 0.3 is 0 Å². The van der Waals surface area contributed by atoms with Gasteiger partial charge in [0.15, 0.2) is 0 Å². The summed E-state index contributed by atoms with van der Waals surface area (Å²) in [6.07, 6.45) is 0. The van der Waals surface area contributed by atoms with E-state index in [1.165, 1.54) is 12.1 Å². The Morgan fingerprint density at radius 3 is 2.64 bits per heavy atom. The number of nitrogens with zero attached hydrogens (tertiary/aromatic N) is 2. The monoisotopic (exact) mass is 494 g/mol. The molecule has 0 saturated heterocycles. The standard InChI is InChI=1S/C17H11BrN4O3S3/c18-14-7-8-15(26-14)28(24,25)22-11-4-1-3-10(9-11)17(23)19-12-5-2-6-13-16(12)21-27-20-13/h1-9,22H,(H,19,23). The predicted molar refractivity (Wildman–Crippen MR) is 115 cm³/mol. The second-order valence-electron chi connectivity index (χ2n) is 5.64. The van der Waals surface area contributed by atoms with Crippen LogP contribution in [-0.2, 0) is 10.0 Å². The molecule has 7 nitrogen and oxygen atoms in total. The van der Waals surface area contributed by atoms with Crippen molar-refractivity contribution in [1.29, 1.82) is 0 Å². The molecule has 0 fully saturated rings. The number of rotatable bonds is 5. The van der Waals surface area contributed by atoms with Gasteiger partial charge in [0.05, 0.1) is 21.2 Å². The van der Waals surface area contributed by atoms with Crippen molar-refractivity contribution >= 4 is 77.3 Å². The molecule has 0 unspecified atom stereocenters. The van der Waals surface area contributed by atoms with E-state index in [2.05, 4.69) is 34.7 Å². The molecule has 4 aromatic rings. The minimum absolute atomic E-state index is 0.178. The van der Waals surface area contributed by atoms with E-state index in [0.717, 1.165) is 23.1 Å². The van der Waals surface area contributed by atoms with Gasteiger partial charge < -0.3 is 5.32 Å². The van der Waals surface area contributed by atoms with E-state index in [-0.39, 0.29) is 10.1 Å². The minimum atomic E-state index is -3.73. The average Bonchev–Trinajstić information content (AvgIpc) is 3.31. The molecule has 2 N–H and O–H groups in total. The molecule has 0 aliphatic carbocycles. The fraction of sp³-hybridized carbons (Fsp3) is 0. The van der Waals surface area contributed by atoms with Gasteiger partial charge in [-0.05, 0) is 58.4 Å². The lowest BCUT2D eigenvalue weighted by Crippen LogP contribution is -2.14. The number of hydrogen-bond acceptors (Lipinski definition) is 7. The first-order valence-electron chi connectivity index (χ1n) is 7.83. The summed E-state index contributed by atoms with van der Waals surface area (Å²) in [4.78, 5) is 12.6. The van der Waals surface area contributed by atoms with Gasteiger partial charge in [-0.25, -0.2) is 8.42 Å².